The smallest absolute Gasteiger partial charge is 0.428 e. The summed E-state index contributed by atoms with van der Waals surface area (Å²) in [5, 5.41) is 0. The van der Waals surface area contributed by atoms with E-state index in [2.05, 4.69) is 0 Å². The monoisotopic (exact) mass is 926 g/mol. The Labute approximate surface area is 370 Å². The molecule has 1 aromatic heterocycles. The van der Waals surface area contributed by atoms with Crippen molar-refractivity contribution >= 4 is 44.6 Å². The van der Waals surface area contributed by atoms with E-state index in [1.807, 2.05) is 4.72 Å². The highest BCUT2D eigenvalue weighted by Crippen LogP contribution is 2.60. The van der Waals surface area contributed by atoms with E-state index in [-0.39, 0.29) is 50.9 Å². The summed E-state index contributed by atoms with van der Waals surface area (Å²) in [4.78, 5) is 68.6. The number of aromatic nitrogens is 2. The molecular weight excluding hydrogens is 868 g/mol. The number of esters is 1. The molecule has 3 aliphatic carbocycles. The number of methoxy groups -OCH3 is 1. The number of hydrogen-bond donors (Lipinski definition) is 1. The average Bonchev–Trinajstić information content (AvgIpc) is 4.06. The third kappa shape index (κ3) is 8.91. The predicted molar refractivity (Wildman–Crippen MR) is 223 cm³/mol. The van der Waals surface area contributed by atoms with E-state index in [0.29, 0.717) is 48.2 Å². The standard InChI is InChI=1S/C45H59F5N4O9S/c1-7-27-34-24-54(36(27)33(55)23-43(22-29(43)37(46)47)40(58)53-64(59,60)42(5)18-19-42)39(57)28(41(2,3)4)21-35(56)63-44(45(48,49)50)17-11-13-25(44)12-9-8-10-14-31-38(62-34)52-32-20-26(61-6)15-16-30(32)51-31/h15-16,20,25,27-29,34,36-37H,7-14,17-19,21-24H2,1-6H3,(H,53,58)/t25-,27-,28-,29+,34+,36+,43-,44-/m1/s1. The van der Waals surface area contributed by atoms with Crippen LogP contribution in [0.25, 0.3) is 11.0 Å². The topological polar surface area (TPSA) is 171 Å². The van der Waals surface area contributed by atoms with Crippen molar-refractivity contribution < 1.29 is 63.8 Å². The third-order valence-corrected chi connectivity index (χ3v) is 16.9. The summed E-state index contributed by atoms with van der Waals surface area (Å²) in [5.41, 5.74) is -4.57. The fourth-order valence-electron chi connectivity index (χ4n) is 10.4. The zero-order chi connectivity index (χ0) is 46.8. The molecule has 3 heterocycles. The number of carbonyl (C=O) groups excluding carboxylic acids is 4. The van der Waals surface area contributed by atoms with Crippen LogP contribution in [0.5, 0.6) is 11.6 Å². The summed E-state index contributed by atoms with van der Waals surface area (Å²) in [7, 11) is -2.79. The van der Waals surface area contributed by atoms with Crippen molar-refractivity contribution in [2.75, 3.05) is 13.7 Å². The Balaban J connectivity index is 1.31. The predicted octanol–water partition coefficient (Wildman–Crippen LogP) is 7.67. The number of hydrogen-bond acceptors (Lipinski definition) is 11. The summed E-state index contributed by atoms with van der Waals surface area (Å²) < 4.78 is 119. The largest absolute Gasteiger partial charge is 0.497 e. The number of benzene rings is 1. The highest BCUT2D eigenvalue weighted by Gasteiger charge is 2.68. The maximum absolute atomic E-state index is 15.1. The number of alkyl halides is 5. The van der Waals surface area contributed by atoms with Gasteiger partial charge in [-0.05, 0) is 88.7 Å². The second-order valence-corrected chi connectivity index (χ2v) is 22.2. The summed E-state index contributed by atoms with van der Waals surface area (Å²) in [6.45, 7) is 7.78. The number of carbonyl (C=O) groups is 4. The van der Waals surface area contributed by atoms with Gasteiger partial charge in [0.25, 0.3) is 0 Å². The lowest BCUT2D eigenvalue weighted by molar-refractivity contribution is -0.282. The number of sulfonamides is 1. The zero-order valence-electron chi connectivity index (χ0n) is 37.2. The Morgan fingerprint density at radius 2 is 1.72 bits per heavy atom. The van der Waals surface area contributed by atoms with Crippen LogP contribution in [0, 0.1) is 34.5 Å². The number of ether oxygens (including phenoxy) is 3. The van der Waals surface area contributed by atoms with E-state index >= 15 is 18.0 Å². The van der Waals surface area contributed by atoms with Crippen LogP contribution < -0.4 is 14.2 Å². The van der Waals surface area contributed by atoms with Crippen molar-refractivity contribution in [2.24, 2.45) is 34.5 Å². The molecule has 8 atom stereocenters. The minimum Gasteiger partial charge on any atom is -0.497 e. The molecule has 19 heteroatoms. The van der Waals surface area contributed by atoms with Gasteiger partial charge in [0.2, 0.25) is 39.7 Å². The lowest BCUT2D eigenvalue weighted by Crippen LogP contribution is -2.53. The Hall–Kier alpha value is -4.16. The number of halogens is 5. The van der Waals surface area contributed by atoms with Gasteiger partial charge in [-0.25, -0.2) is 27.2 Å². The first kappa shape index (κ1) is 47.8. The van der Waals surface area contributed by atoms with Crippen LogP contribution in [0.15, 0.2) is 18.2 Å². The first-order chi connectivity index (χ1) is 29.9. The lowest BCUT2D eigenvalue weighted by Gasteiger charge is -2.39. The Morgan fingerprint density at radius 3 is 2.33 bits per heavy atom. The molecule has 7 rings (SSSR count). The maximum atomic E-state index is 15.1. The van der Waals surface area contributed by atoms with E-state index in [1.165, 1.54) is 18.9 Å². The van der Waals surface area contributed by atoms with E-state index in [1.54, 1.807) is 45.9 Å². The van der Waals surface area contributed by atoms with Crippen LogP contribution in [-0.4, -0.2) is 95.6 Å². The molecule has 2 aliphatic heterocycles. The number of rotatable bonds is 9. The molecule has 5 aliphatic rings. The first-order valence-electron chi connectivity index (χ1n) is 22.4. The maximum Gasteiger partial charge on any atom is 0.428 e. The van der Waals surface area contributed by atoms with Gasteiger partial charge in [-0.2, -0.15) is 13.2 Å². The van der Waals surface area contributed by atoms with Gasteiger partial charge in [0.05, 0.1) is 53.2 Å². The molecule has 0 unspecified atom stereocenters. The van der Waals surface area contributed by atoms with Crippen LogP contribution in [-0.2, 0) is 40.4 Å². The molecule has 2 bridgehead atoms. The van der Waals surface area contributed by atoms with Gasteiger partial charge in [-0.15, -0.1) is 0 Å². The van der Waals surface area contributed by atoms with Crippen LogP contribution in [0.2, 0.25) is 0 Å². The molecule has 4 fully saturated rings. The normalized spacial score (nSPS) is 31.3. The van der Waals surface area contributed by atoms with Crippen molar-refractivity contribution in [3.63, 3.8) is 0 Å². The summed E-state index contributed by atoms with van der Waals surface area (Å²) in [6, 6.07) is 3.67. The molecule has 13 nitrogen and oxygen atoms in total. The quantitative estimate of drug-likeness (QED) is 0.193. The Morgan fingerprint density at radius 1 is 1.02 bits per heavy atom. The van der Waals surface area contributed by atoms with Crippen LogP contribution in [0.1, 0.15) is 124 Å². The lowest BCUT2D eigenvalue weighted by atomic mass is 9.77. The molecule has 1 saturated heterocycles. The Kier molecular flexibility index (Phi) is 12.9. The van der Waals surface area contributed by atoms with Gasteiger partial charge in [0.15, 0.2) is 5.78 Å². The number of Topliss-reactive ketones (excluding diaryl/α,β-unsaturated/α-hetero) is 1. The van der Waals surface area contributed by atoms with Crippen molar-refractivity contribution in [3.05, 3.63) is 23.9 Å². The summed E-state index contributed by atoms with van der Waals surface area (Å²) >= 11 is 0. The molecule has 1 aromatic carbocycles. The average molecular weight is 927 g/mol. The van der Waals surface area contributed by atoms with Crippen molar-refractivity contribution in [3.8, 4) is 11.6 Å². The van der Waals surface area contributed by atoms with Crippen LogP contribution in [0.3, 0.4) is 0 Å². The molecule has 1 N–H and O–H groups in total. The fraction of sp³-hybridized carbons (Fsp3) is 0.733. The molecule has 354 valence electrons. The van der Waals surface area contributed by atoms with Gasteiger partial charge >= 0.3 is 12.1 Å². The Bertz CT molecular complexity index is 2270. The van der Waals surface area contributed by atoms with Crippen LogP contribution in [0.4, 0.5) is 22.0 Å². The van der Waals surface area contributed by atoms with Crippen LogP contribution >= 0.6 is 0 Å². The first-order valence-corrected chi connectivity index (χ1v) is 23.9. The van der Waals surface area contributed by atoms with Gasteiger partial charge in [0.1, 0.15) is 17.5 Å². The van der Waals surface area contributed by atoms with E-state index in [0.717, 1.165) is 0 Å². The molecule has 0 spiro atoms. The van der Waals surface area contributed by atoms with E-state index in [9.17, 15) is 31.6 Å². The van der Waals surface area contributed by atoms with E-state index in [4.69, 9.17) is 24.2 Å². The zero-order valence-corrected chi connectivity index (χ0v) is 38.0. The van der Waals surface area contributed by atoms with Gasteiger partial charge in [-0.1, -0.05) is 40.5 Å². The fourth-order valence-corrected chi connectivity index (χ4v) is 11.7. The van der Waals surface area contributed by atoms with Gasteiger partial charge in [0, 0.05) is 30.2 Å². The molecule has 64 heavy (non-hydrogen) atoms. The minimum absolute atomic E-state index is 0.100. The second kappa shape index (κ2) is 17.2. The van der Waals surface area contributed by atoms with Gasteiger partial charge < -0.3 is 19.1 Å². The molecule has 2 aromatic rings. The number of nitrogens with zero attached hydrogens (tertiary/aromatic N) is 3. The summed E-state index contributed by atoms with van der Waals surface area (Å²) in [6.07, 6.45) is -8.50. The van der Waals surface area contributed by atoms with Crippen molar-refractivity contribution in [1.29, 1.82) is 0 Å². The van der Waals surface area contributed by atoms with Crippen molar-refractivity contribution in [1.82, 2.24) is 19.6 Å². The number of aryl methyl sites for hydroxylation is 1. The molecule has 2 amide bonds. The summed E-state index contributed by atoms with van der Waals surface area (Å²) in [5.74, 6) is -8.29. The van der Waals surface area contributed by atoms with Gasteiger partial charge in [-0.3, -0.25) is 23.9 Å². The van der Waals surface area contributed by atoms with Crippen molar-refractivity contribution in [2.45, 2.75) is 160 Å². The van der Waals surface area contributed by atoms with E-state index < -0.39 is 129 Å². The number of ketones is 1. The highest BCUT2D eigenvalue weighted by atomic mass is 32.2. The number of amides is 2. The number of fused-ring (bicyclic) bond motifs is 5. The SMILES string of the molecule is CC[C@@H]1[C@@H]2CN(C(=O)[C@H](C(C)(C)C)CC(=O)O[C@]3(C(F)(F)F)CCC[C@H]3CCCCCc3nc4ccc(OC)cc4nc3O2)[C@@H]1C(=O)C[C@]1(C(=O)NS(=O)(=O)C2(C)CC2)C[C@H]1C(F)F. The molecule has 3 saturated carbocycles. The third-order valence-electron chi connectivity index (χ3n) is 14.8. The molecular formula is C45H59F5N4O9S. The number of nitrogens with one attached hydrogen (secondary N) is 1. The highest BCUT2D eigenvalue weighted by molar-refractivity contribution is 7.91. The second-order valence-electron chi connectivity index (χ2n) is 20.0. The minimum atomic E-state index is -4.90. The molecule has 0 radical (unpaired) electrons.